The number of hydrogen-bond donors (Lipinski definition) is 3. The Hall–Kier alpha value is -4.38. The van der Waals surface area contributed by atoms with Crippen molar-refractivity contribution >= 4 is 41.0 Å². The zero-order valence-electron chi connectivity index (χ0n) is 31.3. The van der Waals surface area contributed by atoms with Gasteiger partial charge in [0.1, 0.15) is 29.8 Å². The van der Waals surface area contributed by atoms with Crippen LogP contribution in [0.3, 0.4) is 0 Å². The van der Waals surface area contributed by atoms with Crippen LogP contribution in [-0.2, 0) is 33.9 Å². The summed E-state index contributed by atoms with van der Waals surface area (Å²) >= 11 is 12.8. The quantitative estimate of drug-likeness (QED) is 0.102. The van der Waals surface area contributed by atoms with Gasteiger partial charge in [0, 0.05) is 29.2 Å². The molecule has 5 rings (SSSR count). The number of esters is 1. The van der Waals surface area contributed by atoms with Crippen LogP contribution in [0.25, 0.3) is 11.3 Å². The molecule has 0 aliphatic heterocycles. The van der Waals surface area contributed by atoms with Crippen molar-refractivity contribution in [3.05, 3.63) is 105 Å². The lowest BCUT2D eigenvalue weighted by atomic mass is 9.78. The van der Waals surface area contributed by atoms with Gasteiger partial charge in [0.25, 0.3) is 0 Å². The summed E-state index contributed by atoms with van der Waals surface area (Å²) in [4.78, 5) is 43.0. The van der Waals surface area contributed by atoms with Gasteiger partial charge in [-0.2, -0.15) is 0 Å². The van der Waals surface area contributed by atoms with Crippen LogP contribution in [0.1, 0.15) is 99.6 Å². The molecule has 0 bridgehead atoms. The molecule has 54 heavy (non-hydrogen) atoms. The molecule has 1 amide bonds. The van der Waals surface area contributed by atoms with Crippen LogP contribution in [-0.4, -0.2) is 44.1 Å². The number of amides is 1. The van der Waals surface area contributed by atoms with Gasteiger partial charge >= 0.3 is 11.9 Å². The predicted molar refractivity (Wildman–Crippen MR) is 211 cm³/mol. The number of halogens is 2. The molecule has 2 atom stereocenters. The average molecular weight is 778 g/mol. The Morgan fingerprint density at radius 1 is 0.981 bits per heavy atom. The van der Waals surface area contributed by atoms with Crippen molar-refractivity contribution in [2.24, 2.45) is 17.6 Å². The number of aromatic carboxylic acids is 1. The van der Waals surface area contributed by atoms with Crippen LogP contribution in [0.4, 0.5) is 0 Å². The van der Waals surface area contributed by atoms with Crippen molar-refractivity contribution < 1.29 is 29.0 Å². The van der Waals surface area contributed by atoms with Gasteiger partial charge in [-0.3, -0.25) is 9.59 Å². The number of nitrogens with one attached hydrogen (secondary N) is 1. The van der Waals surface area contributed by atoms with Crippen LogP contribution >= 0.6 is 23.2 Å². The molecule has 0 radical (unpaired) electrons. The van der Waals surface area contributed by atoms with Crippen molar-refractivity contribution in [3.63, 3.8) is 0 Å². The van der Waals surface area contributed by atoms with E-state index < -0.39 is 29.6 Å². The van der Waals surface area contributed by atoms with Gasteiger partial charge in [0.15, 0.2) is 0 Å². The normalized spacial score (nSPS) is 17.0. The lowest BCUT2D eigenvalue weighted by molar-refractivity contribution is -0.158. The van der Waals surface area contributed by atoms with Crippen LogP contribution < -0.4 is 15.8 Å². The van der Waals surface area contributed by atoms with Crippen LogP contribution in [0, 0.1) is 11.8 Å². The Kier molecular flexibility index (Phi) is 13.8. The smallest absolute Gasteiger partial charge is 0.335 e. The SMILES string of the molecule is CCCCn1cc(-c2ccc(Cl)cc2Cl)nc1[C@H](Cc1ccc(OCc2ccc(C(=O)O)cc2)cc1)NC(=O)C1CCC(C(N)C(=O)OC(C)(C)C)CC1. The summed E-state index contributed by atoms with van der Waals surface area (Å²) in [5.74, 6) is -0.345. The van der Waals surface area contributed by atoms with Gasteiger partial charge in [-0.15, -0.1) is 0 Å². The zero-order valence-corrected chi connectivity index (χ0v) is 32.8. The molecule has 1 aromatic heterocycles. The third-order valence-corrected chi connectivity index (χ3v) is 10.2. The molecular weight excluding hydrogens is 727 g/mol. The summed E-state index contributed by atoms with van der Waals surface area (Å²) in [6.45, 7) is 8.60. The van der Waals surface area contributed by atoms with E-state index in [9.17, 15) is 19.5 Å². The first-order chi connectivity index (χ1) is 25.7. The molecule has 12 heteroatoms. The van der Waals surface area contributed by atoms with Crippen LogP contribution in [0.5, 0.6) is 5.75 Å². The van der Waals surface area contributed by atoms with Crippen molar-refractivity contribution in [3.8, 4) is 17.0 Å². The Morgan fingerprint density at radius 2 is 1.65 bits per heavy atom. The van der Waals surface area contributed by atoms with Crippen molar-refractivity contribution in [2.45, 2.75) is 103 Å². The van der Waals surface area contributed by atoms with Crippen molar-refractivity contribution in [1.82, 2.24) is 14.9 Å². The fraction of sp³-hybridized carbons (Fsp3) is 0.429. The summed E-state index contributed by atoms with van der Waals surface area (Å²) in [7, 11) is 0. The maximum atomic E-state index is 14.0. The highest BCUT2D eigenvalue weighted by Crippen LogP contribution is 2.34. The van der Waals surface area contributed by atoms with E-state index in [1.54, 1.807) is 36.4 Å². The molecule has 1 aliphatic carbocycles. The molecule has 1 unspecified atom stereocenters. The maximum Gasteiger partial charge on any atom is 0.335 e. The second-order valence-corrected chi connectivity index (χ2v) is 15.9. The van der Waals surface area contributed by atoms with E-state index in [-0.39, 0.29) is 29.9 Å². The number of ether oxygens (including phenoxy) is 2. The predicted octanol–water partition coefficient (Wildman–Crippen LogP) is 8.81. The fourth-order valence-electron chi connectivity index (χ4n) is 6.71. The van der Waals surface area contributed by atoms with Gasteiger partial charge in [-0.05, 0) is 119 Å². The van der Waals surface area contributed by atoms with E-state index in [0.717, 1.165) is 35.4 Å². The monoisotopic (exact) mass is 776 g/mol. The number of carbonyl (C=O) groups excluding carboxylic acids is 2. The molecule has 1 fully saturated rings. The topological polar surface area (TPSA) is 146 Å². The zero-order chi connectivity index (χ0) is 39.0. The summed E-state index contributed by atoms with van der Waals surface area (Å²) in [5, 5.41) is 13.5. The molecular formula is C42H50Cl2N4O6. The second kappa shape index (κ2) is 18.3. The van der Waals surface area contributed by atoms with Gasteiger partial charge in [0.2, 0.25) is 5.91 Å². The van der Waals surface area contributed by atoms with E-state index in [1.165, 1.54) is 0 Å². The number of nitrogens with two attached hydrogens (primary N) is 1. The lowest BCUT2D eigenvalue weighted by Crippen LogP contribution is -2.45. The number of hydrogen-bond acceptors (Lipinski definition) is 7. The number of imidazole rings is 1. The number of aromatic nitrogens is 2. The van der Waals surface area contributed by atoms with E-state index in [0.29, 0.717) is 60.1 Å². The Balaban J connectivity index is 1.35. The summed E-state index contributed by atoms with van der Waals surface area (Å²) in [6.07, 6.45) is 6.88. The molecule has 0 saturated heterocycles. The number of nitrogens with zero attached hydrogens (tertiary/aromatic N) is 2. The minimum absolute atomic E-state index is 0.0517. The molecule has 0 spiro atoms. The van der Waals surface area contributed by atoms with E-state index in [2.05, 4.69) is 16.8 Å². The molecule has 1 heterocycles. The summed E-state index contributed by atoms with van der Waals surface area (Å²) < 4.78 is 13.6. The minimum atomic E-state index is -0.974. The number of carboxylic acid groups (broad SMARTS) is 1. The number of rotatable bonds is 15. The molecule has 1 aliphatic rings. The number of unbranched alkanes of at least 4 members (excludes halogenated alkanes) is 1. The van der Waals surface area contributed by atoms with Gasteiger partial charge in [0.05, 0.1) is 22.3 Å². The Labute approximate surface area is 327 Å². The number of carbonyl (C=O) groups is 3. The van der Waals surface area contributed by atoms with E-state index >= 15 is 0 Å². The summed E-state index contributed by atoms with van der Waals surface area (Å²) in [5.41, 5.74) is 9.20. The van der Waals surface area contributed by atoms with Crippen molar-refractivity contribution in [2.75, 3.05) is 0 Å². The third kappa shape index (κ3) is 11.1. The van der Waals surface area contributed by atoms with Crippen LogP contribution in [0.2, 0.25) is 10.0 Å². The lowest BCUT2D eigenvalue weighted by Gasteiger charge is -2.32. The highest BCUT2D eigenvalue weighted by atomic mass is 35.5. The highest BCUT2D eigenvalue weighted by Gasteiger charge is 2.35. The van der Waals surface area contributed by atoms with E-state index in [1.807, 2.05) is 57.3 Å². The standard InChI is InChI=1S/C42H50Cl2N4O6/c1-5-6-21-48-24-36(33-20-17-31(43)23-34(33)44)46-38(48)35(47-39(49)29-15-13-28(14-16-29)37(45)41(52)54-42(2,3)4)22-26-9-18-32(19-10-26)53-25-27-7-11-30(12-8-27)40(50)51/h7-12,17-20,23-24,28-29,35,37H,5-6,13-16,21-22,25,45H2,1-4H3,(H,47,49)(H,50,51)/t28?,29?,35-,37?/m0/s1. The molecule has 3 aromatic carbocycles. The number of benzene rings is 3. The Bertz CT molecular complexity index is 1900. The first kappa shape index (κ1) is 40.8. The number of carboxylic acids is 1. The van der Waals surface area contributed by atoms with Crippen molar-refractivity contribution in [1.29, 1.82) is 0 Å². The minimum Gasteiger partial charge on any atom is -0.489 e. The molecule has 288 valence electrons. The van der Waals surface area contributed by atoms with Gasteiger partial charge in [-0.25, -0.2) is 9.78 Å². The Morgan fingerprint density at radius 3 is 2.26 bits per heavy atom. The average Bonchev–Trinajstić information content (AvgIpc) is 3.56. The third-order valence-electron chi connectivity index (χ3n) is 9.69. The number of aryl methyl sites for hydroxylation is 1. The second-order valence-electron chi connectivity index (χ2n) is 15.0. The molecule has 1 saturated carbocycles. The first-order valence-electron chi connectivity index (χ1n) is 18.6. The fourth-order valence-corrected chi connectivity index (χ4v) is 7.22. The molecule has 4 aromatic rings. The van der Waals surface area contributed by atoms with Crippen LogP contribution in [0.15, 0.2) is 72.9 Å². The van der Waals surface area contributed by atoms with Gasteiger partial charge < -0.3 is 30.2 Å². The highest BCUT2D eigenvalue weighted by molar-refractivity contribution is 6.36. The molecule has 4 N–H and O–H groups in total. The molecule has 10 nitrogen and oxygen atoms in total. The van der Waals surface area contributed by atoms with Gasteiger partial charge in [-0.1, -0.05) is 60.8 Å². The largest absolute Gasteiger partial charge is 0.489 e. The maximum absolute atomic E-state index is 14.0. The van der Waals surface area contributed by atoms with E-state index in [4.69, 9.17) is 43.4 Å². The summed E-state index contributed by atoms with van der Waals surface area (Å²) in [6, 6.07) is 18.4. The first-order valence-corrected chi connectivity index (χ1v) is 19.3.